The van der Waals surface area contributed by atoms with Gasteiger partial charge in [0, 0.05) is 6.54 Å². The van der Waals surface area contributed by atoms with Gasteiger partial charge in [-0.05, 0) is 26.3 Å². The van der Waals surface area contributed by atoms with Crippen LogP contribution in [0, 0.1) is 5.92 Å². The molecule has 43 heavy (non-hydrogen) atoms. The number of carbonyl (C=O) groups excluding carboxylic acids is 3. The Morgan fingerprint density at radius 3 is 2.28 bits per heavy atom. The summed E-state index contributed by atoms with van der Waals surface area (Å²) < 4.78 is 70.0. The van der Waals surface area contributed by atoms with Crippen molar-refractivity contribution < 1.29 is 51.2 Å². The fourth-order valence-electron chi connectivity index (χ4n) is 4.50. The highest BCUT2D eigenvalue weighted by Gasteiger charge is 2.71. The minimum atomic E-state index is -4.92. The number of carbonyl (C=O) groups is 3. The molecule has 0 saturated carbocycles. The Morgan fingerprint density at radius 2 is 1.65 bits per heavy atom. The van der Waals surface area contributed by atoms with Gasteiger partial charge < -0.3 is 29.0 Å². The molecule has 1 fully saturated rings. The van der Waals surface area contributed by atoms with Gasteiger partial charge >= 0.3 is 17.9 Å². The van der Waals surface area contributed by atoms with E-state index in [0.717, 1.165) is 6.08 Å². The molecule has 1 saturated heterocycles. The van der Waals surface area contributed by atoms with Crippen LogP contribution in [0.25, 0.3) is 0 Å². The third-order valence-corrected chi connectivity index (χ3v) is 6.47. The fraction of sp³-hybridized carbons (Fsp3) is 0.536. The molecule has 15 heteroatoms. The highest BCUT2D eigenvalue weighted by Crippen LogP contribution is 2.55. The maximum Gasteiger partial charge on any atom is 0.442 e. The molecular weight excluding hydrogens is 577 g/mol. The number of hydrogen-bond acceptors (Lipinski definition) is 10. The molecule has 2 aliphatic heterocycles. The zero-order chi connectivity index (χ0) is 31.3. The van der Waals surface area contributed by atoms with E-state index in [0.29, 0.717) is 5.56 Å². The third-order valence-electron chi connectivity index (χ3n) is 6.47. The molecule has 3 aliphatic rings. The van der Waals surface area contributed by atoms with E-state index < -0.39 is 58.2 Å². The number of nitrogens with one attached hydrogen (secondary N) is 2. The molecule has 12 nitrogen and oxygen atoms in total. The lowest BCUT2D eigenvalue weighted by atomic mass is 9.78. The van der Waals surface area contributed by atoms with Crippen LogP contribution in [0.3, 0.4) is 0 Å². The van der Waals surface area contributed by atoms with Gasteiger partial charge in [0.25, 0.3) is 5.91 Å². The van der Waals surface area contributed by atoms with Gasteiger partial charge in [-0.1, -0.05) is 42.5 Å². The predicted molar refractivity (Wildman–Crippen MR) is 142 cm³/mol. The topological polar surface area (TPSA) is 146 Å². The van der Waals surface area contributed by atoms with E-state index in [2.05, 4.69) is 20.9 Å². The van der Waals surface area contributed by atoms with Crippen molar-refractivity contribution in [3.05, 3.63) is 59.4 Å². The smallest absolute Gasteiger partial charge is 0.442 e. The van der Waals surface area contributed by atoms with Crippen LogP contribution in [0.4, 0.5) is 18.0 Å². The van der Waals surface area contributed by atoms with E-state index in [1.807, 2.05) is 0 Å². The zero-order valence-corrected chi connectivity index (χ0v) is 23.9. The highest BCUT2D eigenvalue weighted by molar-refractivity contribution is 6.12. The standard InChI is InChI=1S/C28H33F3N4O8/c1-25(2,3)43-24(38)32-11-12-39-13-14-40-15-16-42-26-20(22(36)33-23(26)37)10-9-19(27(34-35-27)28(29,30)31)21(26)41-17-18-7-5-4-6-8-18/h4-10,20H,11-17H2,1-3H3,(H,32,38)(H,33,36,37). The second kappa shape index (κ2) is 12.8. The van der Waals surface area contributed by atoms with Crippen molar-refractivity contribution in [2.45, 2.75) is 50.4 Å². The van der Waals surface area contributed by atoms with Crippen LogP contribution in [-0.4, -0.2) is 80.5 Å². The lowest BCUT2D eigenvalue weighted by Gasteiger charge is -2.37. The van der Waals surface area contributed by atoms with Gasteiger partial charge in [0.05, 0.1) is 38.6 Å². The molecule has 4 rings (SSSR count). The molecule has 0 bridgehead atoms. The molecule has 3 amide bonds. The van der Waals surface area contributed by atoms with Crippen molar-refractivity contribution in [2.75, 3.05) is 39.6 Å². The molecular formula is C28H33F3N4O8. The summed E-state index contributed by atoms with van der Waals surface area (Å²) in [5.74, 6) is -3.50. The number of rotatable bonds is 14. The number of amides is 3. The van der Waals surface area contributed by atoms with Crippen LogP contribution < -0.4 is 10.6 Å². The summed E-state index contributed by atoms with van der Waals surface area (Å²) in [7, 11) is 0. The molecule has 234 valence electrons. The fourth-order valence-corrected chi connectivity index (χ4v) is 4.50. The van der Waals surface area contributed by atoms with Crippen LogP contribution in [0.2, 0.25) is 0 Å². The van der Waals surface area contributed by atoms with Crippen molar-refractivity contribution >= 4 is 17.9 Å². The Kier molecular flexibility index (Phi) is 9.57. The Balaban J connectivity index is 1.39. The van der Waals surface area contributed by atoms with Crippen LogP contribution in [0.5, 0.6) is 0 Å². The van der Waals surface area contributed by atoms with Gasteiger partial charge in [-0.15, -0.1) is 10.2 Å². The number of halogens is 3. The van der Waals surface area contributed by atoms with E-state index in [1.165, 1.54) is 6.08 Å². The first-order valence-corrected chi connectivity index (χ1v) is 13.5. The summed E-state index contributed by atoms with van der Waals surface area (Å²) in [6, 6.07) is 8.58. The van der Waals surface area contributed by atoms with E-state index >= 15 is 0 Å². The molecule has 0 aromatic heterocycles. The molecule has 2 N–H and O–H groups in total. The minimum Gasteiger partial charge on any atom is -0.489 e. The Labute approximate surface area is 245 Å². The van der Waals surface area contributed by atoms with Gasteiger partial charge in [0.15, 0.2) is 0 Å². The molecule has 1 aromatic carbocycles. The van der Waals surface area contributed by atoms with Crippen LogP contribution in [0.1, 0.15) is 26.3 Å². The summed E-state index contributed by atoms with van der Waals surface area (Å²) in [4.78, 5) is 37.6. The van der Waals surface area contributed by atoms with Crippen molar-refractivity contribution in [2.24, 2.45) is 16.1 Å². The van der Waals surface area contributed by atoms with E-state index in [9.17, 15) is 27.6 Å². The number of hydrogen-bond donors (Lipinski definition) is 2. The molecule has 2 heterocycles. The average molecular weight is 611 g/mol. The van der Waals surface area contributed by atoms with Crippen molar-refractivity contribution in [3.63, 3.8) is 0 Å². The molecule has 0 spiro atoms. The number of benzene rings is 1. The Morgan fingerprint density at radius 1 is 1.00 bits per heavy atom. The van der Waals surface area contributed by atoms with E-state index in [1.54, 1.807) is 51.1 Å². The van der Waals surface area contributed by atoms with Crippen LogP contribution in [-0.2, 0) is 39.9 Å². The van der Waals surface area contributed by atoms with Gasteiger partial charge in [0.2, 0.25) is 11.5 Å². The lowest BCUT2D eigenvalue weighted by molar-refractivity contribution is -0.159. The van der Waals surface area contributed by atoms with E-state index in [4.69, 9.17) is 23.7 Å². The van der Waals surface area contributed by atoms with Crippen molar-refractivity contribution in [1.29, 1.82) is 0 Å². The SMILES string of the molecule is CC(C)(C)OC(=O)NCCOCCOCCOC12C(=O)NC(=O)C1C=CC(C1(C(F)(F)F)N=N1)=C2OCc1ccccc1. The van der Waals surface area contributed by atoms with E-state index in [-0.39, 0.29) is 46.2 Å². The monoisotopic (exact) mass is 610 g/mol. The number of imide groups is 1. The van der Waals surface area contributed by atoms with Crippen molar-refractivity contribution in [1.82, 2.24) is 10.6 Å². The second-order valence-electron chi connectivity index (χ2n) is 10.8. The maximum absolute atomic E-state index is 14.1. The first-order valence-electron chi connectivity index (χ1n) is 13.5. The molecule has 2 atom stereocenters. The first kappa shape index (κ1) is 32.1. The van der Waals surface area contributed by atoms with Crippen LogP contribution in [0.15, 0.2) is 64.0 Å². The summed E-state index contributed by atoms with van der Waals surface area (Å²) in [5, 5.41) is 11.2. The minimum absolute atomic E-state index is 0.0837. The van der Waals surface area contributed by atoms with Gasteiger partial charge in [-0.2, -0.15) is 13.2 Å². The molecule has 1 aromatic rings. The number of nitrogens with zero attached hydrogens (tertiary/aromatic N) is 2. The van der Waals surface area contributed by atoms with Gasteiger partial charge in [0.1, 0.15) is 23.9 Å². The van der Waals surface area contributed by atoms with Crippen LogP contribution >= 0.6 is 0 Å². The van der Waals surface area contributed by atoms with Gasteiger partial charge in [-0.25, -0.2) is 4.79 Å². The highest BCUT2D eigenvalue weighted by atomic mass is 19.4. The van der Waals surface area contributed by atoms with Gasteiger partial charge in [-0.3, -0.25) is 14.9 Å². The number of fused-ring (bicyclic) bond motifs is 1. The summed E-state index contributed by atoms with van der Waals surface area (Å²) in [6.07, 6.45) is -3.26. The summed E-state index contributed by atoms with van der Waals surface area (Å²) in [6.45, 7) is 5.37. The second-order valence-corrected chi connectivity index (χ2v) is 10.8. The average Bonchev–Trinajstić information content (AvgIpc) is 3.70. The Hall–Kier alpha value is -3.82. The number of alkyl carbamates (subject to hydrolysis) is 1. The predicted octanol–water partition coefficient (Wildman–Crippen LogP) is 3.34. The summed E-state index contributed by atoms with van der Waals surface area (Å²) in [5.41, 5.74) is -5.71. The lowest BCUT2D eigenvalue weighted by Crippen LogP contribution is -2.52. The maximum atomic E-state index is 14.1. The zero-order valence-electron chi connectivity index (χ0n) is 23.9. The molecule has 2 unspecified atom stereocenters. The van der Waals surface area contributed by atoms with Crippen molar-refractivity contribution in [3.8, 4) is 0 Å². The third kappa shape index (κ3) is 7.22. The quantitative estimate of drug-likeness (QED) is 0.241. The molecule has 0 radical (unpaired) electrons. The normalized spacial score (nSPS) is 22.3. The molecule has 1 aliphatic carbocycles. The Bertz CT molecular complexity index is 1290. The first-order chi connectivity index (χ1) is 20.3. The number of alkyl halides is 3. The number of ether oxygens (including phenoxy) is 5. The summed E-state index contributed by atoms with van der Waals surface area (Å²) >= 11 is 0. The largest absolute Gasteiger partial charge is 0.489 e.